The Morgan fingerprint density at radius 1 is 1.36 bits per heavy atom. The van der Waals surface area contributed by atoms with Crippen molar-refractivity contribution in [3.63, 3.8) is 0 Å². The van der Waals surface area contributed by atoms with Crippen LogP contribution in [0.3, 0.4) is 0 Å². The van der Waals surface area contributed by atoms with Gasteiger partial charge in [0, 0.05) is 13.1 Å². The molecule has 0 spiro atoms. The SMILES string of the molecule is CC(Cl)C(=O)N(CCC#N)CCc1ccc(S(N)(=O)=O)cc1. The van der Waals surface area contributed by atoms with Crippen molar-refractivity contribution < 1.29 is 13.2 Å². The lowest BCUT2D eigenvalue weighted by atomic mass is 10.1. The molecule has 0 aliphatic rings. The quantitative estimate of drug-likeness (QED) is 0.752. The highest BCUT2D eigenvalue weighted by atomic mass is 35.5. The summed E-state index contributed by atoms with van der Waals surface area (Å²) in [4.78, 5) is 13.5. The zero-order valence-electron chi connectivity index (χ0n) is 12.2. The first-order chi connectivity index (χ1) is 10.3. The maximum absolute atomic E-state index is 11.9. The number of hydrogen-bond donors (Lipinski definition) is 1. The molecule has 0 fully saturated rings. The molecule has 0 bridgehead atoms. The molecule has 120 valence electrons. The van der Waals surface area contributed by atoms with Crippen molar-refractivity contribution in [1.82, 2.24) is 4.90 Å². The van der Waals surface area contributed by atoms with Gasteiger partial charge < -0.3 is 4.90 Å². The molecule has 1 rings (SSSR count). The van der Waals surface area contributed by atoms with Crippen LogP contribution in [0.15, 0.2) is 29.2 Å². The van der Waals surface area contributed by atoms with Crippen LogP contribution in [0.2, 0.25) is 0 Å². The van der Waals surface area contributed by atoms with Crippen LogP contribution < -0.4 is 5.14 Å². The molecule has 0 radical (unpaired) electrons. The van der Waals surface area contributed by atoms with Gasteiger partial charge in [0.15, 0.2) is 0 Å². The van der Waals surface area contributed by atoms with Crippen molar-refractivity contribution in [2.24, 2.45) is 5.14 Å². The molecule has 22 heavy (non-hydrogen) atoms. The molecule has 0 heterocycles. The summed E-state index contributed by atoms with van der Waals surface area (Å²) >= 11 is 5.80. The van der Waals surface area contributed by atoms with Crippen LogP contribution in [0, 0.1) is 11.3 Å². The fourth-order valence-corrected chi connectivity index (χ4v) is 2.53. The van der Waals surface area contributed by atoms with Crippen LogP contribution in [-0.2, 0) is 21.2 Å². The number of primary sulfonamides is 1. The number of halogens is 1. The van der Waals surface area contributed by atoms with E-state index in [0.29, 0.717) is 19.5 Å². The number of benzene rings is 1. The van der Waals surface area contributed by atoms with E-state index in [1.165, 1.54) is 17.0 Å². The number of alkyl halides is 1. The number of hydrogen-bond acceptors (Lipinski definition) is 4. The number of carbonyl (C=O) groups excluding carboxylic acids is 1. The molecule has 8 heteroatoms. The Bertz CT molecular complexity index is 651. The standard InChI is InChI=1S/C14H18ClN3O3S/c1-11(15)14(19)18(9-2-8-16)10-7-12-3-5-13(6-4-12)22(17,20)21/h3-6,11H,2,7,9-10H2,1H3,(H2,17,20,21). The molecule has 1 unspecified atom stereocenters. The first kappa shape index (κ1) is 18.4. The van der Waals surface area contributed by atoms with Crippen molar-refractivity contribution in [1.29, 1.82) is 5.26 Å². The molecule has 1 amide bonds. The van der Waals surface area contributed by atoms with Gasteiger partial charge in [-0.2, -0.15) is 5.26 Å². The highest BCUT2D eigenvalue weighted by molar-refractivity contribution is 7.89. The van der Waals surface area contributed by atoms with Gasteiger partial charge in [0.1, 0.15) is 5.38 Å². The van der Waals surface area contributed by atoms with Crippen molar-refractivity contribution in [2.75, 3.05) is 13.1 Å². The van der Waals surface area contributed by atoms with Crippen LogP contribution in [0.4, 0.5) is 0 Å². The van der Waals surface area contributed by atoms with E-state index in [1.807, 2.05) is 6.07 Å². The molecule has 1 aromatic carbocycles. The minimum absolute atomic E-state index is 0.0445. The largest absolute Gasteiger partial charge is 0.340 e. The van der Waals surface area contributed by atoms with Gasteiger partial charge in [0.25, 0.3) is 0 Å². The maximum atomic E-state index is 11.9. The molecule has 0 aliphatic heterocycles. The summed E-state index contributed by atoms with van der Waals surface area (Å²) in [7, 11) is -3.71. The fraction of sp³-hybridized carbons (Fsp3) is 0.429. The van der Waals surface area contributed by atoms with Gasteiger partial charge in [-0.05, 0) is 31.0 Å². The normalized spacial score (nSPS) is 12.5. The van der Waals surface area contributed by atoms with E-state index < -0.39 is 15.4 Å². The Morgan fingerprint density at radius 2 is 1.95 bits per heavy atom. The van der Waals surface area contributed by atoms with E-state index in [2.05, 4.69) is 0 Å². The number of sulfonamides is 1. The molecule has 1 atom stereocenters. The second-order valence-electron chi connectivity index (χ2n) is 4.79. The van der Waals surface area contributed by atoms with Gasteiger partial charge in [0.2, 0.25) is 15.9 Å². The lowest BCUT2D eigenvalue weighted by Gasteiger charge is -2.22. The predicted octanol–water partition coefficient (Wildman–Crippen LogP) is 1.25. The molecular formula is C14H18ClN3O3S. The number of nitrogens with two attached hydrogens (primary N) is 1. The zero-order chi connectivity index (χ0) is 16.8. The number of amides is 1. The number of carbonyl (C=O) groups is 1. The molecule has 2 N–H and O–H groups in total. The Kier molecular flexibility index (Phi) is 6.81. The highest BCUT2D eigenvalue weighted by Crippen LogP contribution is 2.11. The topological polar surface area (TPSA) is 104 Å². The van der Waals surface area contributed by atoms with E-state index >= 15 is 0 Å². The Morgan fingerprint density at radius 3 is 2.41 bits per heavy atom. The lowest BCUT2D eigenvalue weighted by molar-refractivity contribution is -0.130. The van der Waals surface area contributed by atoms with Crippen LogP contribution >= 0.6 is 11.6 Å². The van der Waals surface area contributed by atoms with Gasteiger partial charge in [-0.25, -0.2) is 13.6 Å². The third-order valence-electron chi connectivity index (χ3n) is 3.07. The van der Waals surface area contributed by atoms with E-state index in [4.69, 9.17) is 22.0 Å². The average molecular weight is 344 g/mol. The smallest absolute Gasteiger partial charge is 0.240 e. The zero-order valence-corrected chi connectivity index (χ0v) is 13.8. The Balaban J connectivity index is 2.72. The summed E-state index contributed by atoms with van der Waals surface area (Å²) in [6.45, 7) is 2.32. The van der Waals surface area contributed by atoms with E-state index in [9.17, 15) is 13.2 Å². The van der Waals surface area contributed by atoms with E-state index in [1.54, 1.807) is 19.1 Å². The predicted molar refractivity (Wildman–Crippen MR) is 83.6 cm³/mol. The monoisotopic (exact) mass is 343 g/mol. The second-order valence-corrected chi connectivity index (χ2v) is 7.00. The average Bonchev–Trinajstić information content (AvgIpc) is 2.46. The summed E-state index contributed by atoms with van der Waals surface area (Å²) in [5.74, 6) is -0.224. The summed E-state index contributed by atoms with van der Waals surface area (Å²) < 4.78 is 22.3. The number of rotatable bonds is 7. The minimum atomic E-state index is -3.71. The van der Waals surface area contributed by atoms with Crippen LogP contribution in [-0.4, -0.2) is 37.7 Å². The minimum Gasteiger partial charge on any atom is -0.340 e. The fourth-order valence-electron chi connectivity index (χ4n) is 1.88. The summed E-state index contributed by atoms with van der Waals surface area (Å²) in [5.41, 5.74) is 0.865. The van der Waals surface area contributed by atoms with Crippen molar-refractivity contribution in [2.45, 2.75) is 30.0 Å². The van der Waals surface area contributed by atoms with Crippen molar-refractivity contribution in [3.05, 3.63) is 29.8 Å². The Hall–Kier alpha value is -1.62. The third-order valence-corrected chi connectivity index (χ3v) is 4.18. The third kappa shape index (κ3) is 5.64. The van der Waals surface area contributed by atoms with Gasteiger partial charge in [-0.3, -0.25) is 4.79 Å². The number of nitrogens with zero attached hydrogens (tertiary/aromatic N) is 2. The number of nitriles is 1. The molecule has 0 aromatic heterocycles. The van der Waals surface area contributed by atoms with Gasteiger partial charge in [-0.15, -0.1) is 11.6 Å². The molecule has 1 aromatic rings. The second kappa shape index (κ2) is 8.13. The highest BCUT2D eigenvalue weighted by Gasteiger charge is 2.18. The first-order valence-corrected chi connectivity index (χ1v) is 8.65. The van der Waals surface area contributed by atoms with Crippen molar-refractivity contribution >= 4 is 27.5 Å². The molecule has 0 saturated carbocycles. The van der Waals surface area contributed by atoms with Crippen LogP contribution in [0.25, 0.3) is 0 Å². The molecule has 6 nitrogen and oxygen atoms in total. The summed E-state index contributed by atoms with van der Waals surface area (Å²) in [6.07, 6.45) is 0.769. The summed E-state index contributed by atoms with van der Waals surface area (Å²) in [6, 6.07) is 8.15. The van der Waals surface area contributed by atoms with Gasteiger partial charge >= 0.3 is 0 Å². The summed E-state index contributed by atoms with van der Waals surface area (Å²) in [5, 5.41) is 13.0. The van der Waals surface area contributed by atoms with Gasteiger partial charge in [0.05, 0.1) is 17.4 Å². The molecule has 0 saturated heterocycles. The van der Waals surface area contributed by atoms with Crippen LogP contribution in [0.5, 0.6) is 0 Å². The van der Waals surface area contributed by atoms with E-state index in [-0.39, 0.29) is 17.2 Å². The first-order valence-electron chi connectivity index (χ1n) is 6.67. The van der Waals surface area contributed by atoms with Gasteiger partial charge in [-0.1, -0.05) is 12.1 Å². The molecular weight excluding hydrogens is 326 g/mol. The molecule has 0 aliphatic carbocycles. The Labute approximate surface area is 135 Å². The maximum Gasteiger partial charge on any atom is 0.240 e. The van der Waals surface area contributed by atoms with Crippen LogP contribution in [0.1, 0.15) is 18.9 Å². The lowest BCUT2D eigenvalue weighted by Crippen LogP contribution is -2.37. The van der Waals surface area contributed by atoms with E-state index in [0.717, 1.165) is 5.56 Å². The van der Waals surface area contributed by atoms with Crippen molar-refractivity contribution in [3.8, 4) is 6.07 Å².